The number of carbonyl (C=O) groups excluding carboxylic acids is 1. The van der Waals surface area contributed by atoms with Crippen LogP contribution in [0.15, 0.2) is 54.6 Å². The highest BCUT2D eigenvalue weighted by Crippen LogP contribution is 2.36. The molecule has 160 valence electrons. The lowest BCUT2D eigenvalue weighted by Gasteiger charge is -2.37. The number of rotatable bonds is 4. The second-order valence-corrected chi connectivity index (χ2v) is 9.23. The molecule has 1 fully saturated rings. The van der Waals surface area contributed by atoms with E-state index in [4.69, 9.17) is 23.2 Å². The number of aliphatic hydroxyl groups excluding tert-OH is 1. The van der Waals surface area contributed by atoms with Crippen molar-refractivity contribution in [1.29, 1.82) is 0 Å². The van der Waals surface area contributed by atoms with Crippen LogP contribution in [0, 0.1) is 0 Å². The molecule has 1 N–H and O–H groups in total. The summed E-state index contributed by atoms with van der Waals surface area (Å²) in [5.41, 5.74) is 2.73. The van der Waals surface area contributed by atoms with E-state index in [1.807, 2.05) is 48.5 Å². The van der Waals surface area contributed by atoms with Gasteiger partial charge in [-0.2, -0.15) is 0 Å². The van der Waals surface area contributed by atoms with Gasteiger partial charge in [-0.15, -0.1) is 0 Å². The lowest BCUT2D eigenvalue weighted by molar-refractivity contribution is 0.000257. The van der Waals surface area contributed by atoms with Gasteiger partial charge < -0.3 is 14.9 Å². The molecule has 1 unspecified atom stereocenters. The van der Waals surface area contributed by atoms with Crippen molar-refractivity contribution in [3.63, 3.8) is 0 Å². The fraction of sp³-hybridized carbons (Fsp3) is 0.320. The third-order valence-electron chi connectivity index (χ3n) is 6.66. The molecule has 0 bridgehead atoms. The molecule has 0 spiro atoms. The standard InChI is InChI=1S/C25H24Cl2N2O2/c26-21-8-7-18(15-22(21)27)16-9-11-28(12-10-16)13-14-29-24(30)19-5-1-3-17-4-2-6-20(23(17)19)25(29)31/h1-8,15-16,24,30H,9-14H2. The Kier molecular flexibility index (Phi) is 5.65. The quantitative estimate of drug-likeness (QED) is 0.567. The van der Waals surface area contributed by atoms with Crippen LogP contribution in [0.1, 0.15) is 46.5 Å². The van der Waals surface area contributed by atoms with Crippen LogP contribution in [0.25, 0.3) is 10.8 Å². The highest BCUT2D eigenvalue weighted by atomic mass is 35.5. The molecule has 5 rings (SSSR count). The van der Waals surface area contributed by atoms with Gasteiger partial charge in [0.25, 0.3) is 5.91 Å². The first kappa shape index (κ1) is 20.8. The number of hydrogen-bond acceptors (Lipinski definition) is 3. The summed E-state index contributed by atoms with van der Waals surface area (Å²) in [6.07, 6.45) is 1.17. The number of aliphatic hydroxyl groups is 1. The van der Waals surface area contributed by atoms with E-state index < -0.39 is 6.23 Å². The molecule has 4 nitrogen and oxygen atoms in total. The molecular weight excluding hydrogens is 431 g/mol. The normalized spacial score (nSPS) is 19.9. The number of benzene rings is 3. The number of carbonyl (C=O) groups is 1. The van der Waals surface area contributed by atoms with Crippen molar-refractivity contribution in [2.24, 2.45) is 0 Å². The van der Waals surface area contributed by atoms with Crippen molar-refractivity contribution >= 4 is 39.9 Å². The highest BCUT2D eigenvalue weighted by Gasteiger charge is 2.33. The molecular formula is C25H24Cl2N2O2. The Morgan fingerprint density at radius 2 is 1.68 bits per heavy atom. The molecule has 1 atom stereocenters. The molecule has 6 heteroatoms. The summed E-state index contributed by atoms with van der Waals surface area (Å²) in [6.45, 7) is 3.15. The van der Waals surface area contributed by atoms with Crippen LogP contribution in [0.3, 0.4) is 0 Å². The summed E-state index contributed by atoms with van der Waals surface area (Å²) >= 11 is 12.2. The van der Waals surface area contributed by atoms with Gasteiger partial charge in [0.1, 0.15) is 0 Å². The molecule has 2 heterocycles. The zero-order valence-corrected chi connectivity index (χ0v) is 18.6. The Morgan fingerprint density at radius 3 is 2.42 bits per heavy atom. The van der Waals surface area contributed by atoms with Crippen molar-refractivity contribution in [2.45, 2.75) is 25.0 Å². The van der Waals surface area contributed by atoms with Crippen molar-refractivity contribution in [3.8, 4) is 0 Å². The van der Waals surface area contributed by atoms with Crippen LogP contribution >= 0.6 is 23.2 Å². The van der Waals surface area contributed by atoms with Crippen molar-refractivity contribution in [3.05, 3.63) is 81.3 Å². The SMILES string of the molecule is O=C1c2cccc3cccc(c23)C(O)N1CCN1CCC(c2ccc(Cl)c(Cl)c2)CC1. The number of nitrogens with zero attached hydrogens (tertiary/aromatic N) is 2. The van der Waals surface area contributed by atoms with E-state index in [0.29, 0.717) is 28.1 Å². The van der Waals surface area contributed by atoms with Crippen LogP contribution in [0.5, 0.6) is 0 Å². The van der Waals surface area contributed by atoms with Gasteiger partial charge in [-0.3, -0.25) is 4.79 Å². The fourth-order valence-electron chi connectivity index (χ4n) is 4.93. The van der Waals surface area contributed by atoms with E-state index in [9.17, 15) is 9.90 Å². The van der Waals surface area contributed by atoms with Gasteiger partial charge in [-0.25, -0.2) is 0 Å². The van der Waals surface area contributed by atoms with Crippen LogP contribution in [-0.2, 0) is 0 Å². The number of likely N-dealkylation sites (tertiary alicyclic amines) is 1. The lowest BCUT2D eigenvalue weighted by atomic mass is 9.89. The minimum Gasteiger partial charge on any atom is -0.369 e. The minimum absolute atomic E-state index is 0.0949. The van der Waals surface area contributed by atoms with Gasteiger partial charge in [0.15, 0.2) is 6.23 Å². The Bertz CT molecular complexity index is 1140. The van der Waals surface area contributed by atoms with Gasteiger partial charge in [0.05, 0.1) is 10.0 Å². The van der Waals surface area contributed by atoms with E-state index in [0.717, 1.165) is 48.8 Å². The van der Waals surface area contributed by atoms with Gasteiger partial charge >= 0.3 is 0 Å². The summed E-state index contributed by atoms with van der Waals surface area (Å²) in [7, 11) is 0. The van der Waals surface area contributed by atoms with E-state index >= 15 is 0 Å². The summed E-state index contributed by atoms with van der Waals surface area (Å²) in [4.78, 5) is 17.1. The largest absolute Gasteiger partial charge is 0.369 e. The fourth-order valence-corrected chi connectivity index (χ4v) is 5.23. The Morgan fingerprint density at radius 1 is 0.935 bits per heavy atom. The second-order valence-electron chi connectivity index (χ2n) is 8.41. The highest BCUT2D eigenvalue weighted by molar-refractivity contribution is 6.42. The molecule has 2 aliphatic rings. The average Bonchev–Trinajstić information content (AvgIpc) is 2.79. The number of piperidine rings is 1. The smallest absolute Gasteiger partial charge is 0.256 e. The van der Waals surface area contributed by atoms with Crippen molar-refractivity contribution < 1.29 is 9.90 Å². The topological polar surface area (TPSA) is 43.8 Å². The van der Waals surface area contributed by atoms with E-state index in [1.165, 1.54) is 5.56 Å². The first-order chi connectivity index (χ1) is 15.0. The second kappa shape index (κ2) is 8.44. The van der Waals surface area contributed by atoms with Crippen LogP contribution < -0.4 is 0 Å². The first-order valence-electron chi connectivity index (χ1n) is 10.7. The zero-order valence-electron chi connectivity index (χ0n) is 17.1. The molecule has 0 radical (unpaired) electrons. The van der Waals surface area contributed by atoms with Crippen molar-refractivity contribution in [1.82, 2.24) is 9.80 Å². The molecule has 3 aromatic rings. The van der Waals surface area contributed by atoms with Crippen LogP contribution in [-0.4, -0.2) is 47.0 Å². The predicted octanol–water partition coefficient (Wildman–Crippen LogP) is 5.47. The summed E-state index contributed by atoms with van der Waals surface area (Å²) in [5, 5.41) is 14.0. The van der Waals surface area contributed by atoms with Gasteiger partial charge in [0.2, 0.25) is 0 Å². The number of hydrogen-bond donors (Lipinski definition) is 1. The Labute approximate surface area is 192 Å². The number of halogens is 2. The number of amides is 1. The third-order valence-corrected chi connectivity index (χ3v) is 7.40. The lowest BCUT2D eigenvalue weighted by Crippen LogP contribution is -2.44. The molecule has 0 aromatic heterocycles. The predicted molar refractivity (Wildman–Crippen MR) is 125 cm³/mol. The average molecular weight is 455 g/mol. The summed E-state index contributed by atoms with van der Waals surface area (Å²) < 4.78 is 0. The molecule has 0 saturated carbocycles. The molecule has 1 saturated heterocycles. The maximum atomic E-state index is 13.1. The molecule has 31 heavy (non-hydrogen) atoms. The van der Waals surface area contributed by atoms with Gasteiger partial charge in [-0.05, 0) is 61.0 Å². The van der Waals surface area contributed by atoms with E-state index in [2.05, 4.69) is 11.0 Å². The Hall–Kier alpha value is -2.11. The third kappa shape index (κ3) is 3.83. The van der Waals surface area contributed by atoms with Crippen molar-refractivity contribution in [2.75, 3.05) is 26.2 Å². The van der Waals surface area contributed by atoms with Gasteiger partial charge in [0, 0.05) is 29.6 Å². The molecule has 1 amide bonds. The molecule has 3 aromatic carbocycles. The summed E-state index contributed by atoms with van der Waals surface area (Å²) in [6, 6.07) is 17.5. The maximum Gasteiger partial charge on any atom is 0.256 e. The van der Waals surface area contributed by atoms with Crippen LogP contribution in [0.4, 0.5) is 0 Å². The molecule has 0 aliphatic carbocycles. The Balaban J connectivity index is 1.24. The first-order valence-corrected chi connectivity index (χ1v) is 11.5. The summed E-state index contributed by atoms with van der Waals surface area (Å²) in [5.74, 6) is 0.375. The monoisotopic (exact) mass is 454 g/mol. The van der Waals surface area contributed by atoms with Crippen LogP contribution in [0.2, 0.25) is 10.0 Å². The van der Waals surface area contributed by atoms with Gasteiger partial charge in [-0.1, -0.05) is 59.6 Å². The molecule has 2 aliphatic heterocycles. The van der Waals surface area contributed by atoms with E-state index in [1.54, 1.807) is 4.90 Å². The minimum atomic E-state index is -0.903. The zero-order chi connectivity index (χ0) is 21.5. The maximum absolute atomic E-state index is 13.1. The van der Waals surface area contributed by atoms with E-state index in [-0.39, 0.29) is 5.91 Å².